The summed E-state index contributed by atoms with van der Waals surface area (Å²) in [5.74, 6) is 0.157. The van der Waals surface area contributed by atoms with Gasteiger partial charge in [-0.15, -0.1) is 0 Å². The van der Waals surface area contributed by atoms with Crippen LogP contribution in [-0.2, 0) is 33.2 Å². The number of hydrogen-bond donors (Lipinski definition) is 1. The van der Waals surface area contributed by atoms with Crippen molar-refractivity contribution in [1.82, 2.24) is 15.1 Å². The molecule has 1 heterocycles. The summed E-state index contributed by atoms with van der Waals surface area (Å²) in [4.78, 5) is 11.9. The predicted octanol–water partition coefficient (Wildman–Crippen LogP) is 1.71. The van der Waals surface area contributed by atoms with Gasteiger partial charge >= 0.3 is 0 Å². The zero-order valence-corrected chi connectivity index (χ0v) is 14.4. The van der Waals surface area contributed by atoms with E-state index in [4.69, 9.17) is 10.7 Å². The van der Waals surface area contributed by atoms with Crippen LogP contribution in [0, 0.1) is 5.92 Å². The summed E-state index contributed by atoms with van der Waals surface area (Å²) in [6, 6.07) is 0. The molecule has 0 aliphatic carbocycles. The quantitative estimate of drug-likeness (QED) is 0.769. The normalized spacial score (nSPS) is 11.9. The predicted molar refractivity (Wildman–Crippen MR) is 81.9 cm³/mol. The summed E-state index contributed by atoms with van der Waals surface area (Å²) in [7, 11) is 1.63. The number of halogens is 1. The van der Waals surface area contributed by atoms with Gasteiger partial charge in [-0.3, -0.25) is 9.48 Å². The molecule has 1 N–H and O–H groups in total. The molecule has 0 unspecified atom stereocenters. The minimum atomic E-state index is -3.87. The summed E-state index contributed by atoms with van der Waals surface area (Å²) in [6.45, 7) is 8.18. The Labute approximate surface area is 130 Å². The Kier molecular flexibility index (Phi) is 6.22. The lowest BCUT2D eigenvalue weighted by atomic mass is 10.2. The molecule has 0 saturated heterocycles. The first-order valence-corrected chi connectivity index (χ1v) is 9.31. The van der Waals surface area contributed by atoms with Gasteiger partial charge in [0.25, 0.3) is 9.05 Å². The molecule has 0 aliphatic rings. The molecule has 0 aliphatic heterocycles. The number of aryl methyl sites for hydroxylation is 1. The molecule has 1 aromatic heterocycles. The molecule has 0 saturated carbocycles. The van der Waals surface area contributed by atoms with Crippen molar-refractivity contribution in [2.24, 2.45) is 5.92 Å². The van der Waals surface area contributed by atoms with E-state index in [9.17, 15) is 13.2 Å². The van der Waals surface area contributed by atoms with E-state index in [0.29, 0.717) is 36.7 Å². The number of amides is 1. The smallest absolute Gasteiger partial charge is 0.264 e. The van der Waals surface area contributed by atoms with Crippen LogP contribution in [0.15, 0.2) is 4.90 Å². The first-order valence-electron chi connectivity index (χ1n) is 7.00. The van der Waals surface area contributed by atoms with Crippen LogP contribution in [0.2, 0.25) is 0 Å². The average molecular weight is 336 g/mol. The van der Waals surface area contributed by atoms with Crippen molar-refractivity contribution in [3.05, 3.63) is 11.4 Å². The Morgan fingerprint density at radius 2 is 1.95 bits per heavy atom. The van der Waals surface area contributed by atoms with Crippen molar-refractivity contribution in [3.8, 4) is 0 Å². The third-order valence-electron chi connectivity index (χ3n) is 2.99. The Balaban J connectivity index is 3.09. The topological polar surface area (TPSA) is 81.1 Å². The molecule has 0 atom stereocenters. The fraction of sp³-hybridized carbons (Fsp3) is 0.692. The van der Waals surface area contributed by atoms with Gasteiger partial charge in [0.15, 0.2) is 0 Å². The second-order valence-corrected chi connectivity index (χ2v) is 7.73. The van der Waals surface area contributed by atoms with E-state index < -0.39 is 9.05 Å². The van der Waals surface area contributed by atoms with E-state index >= 15 is 0 Å². The standard InChI is InChI=1S/C13H22ClN3O3S/c1-5-10-13(21(14,19)20)11(6-2)17(16-10)8-12(18)15-7-9(3)4/h9H,5-8H2,1-4H3,(H,15,18). The van der Waals surface area contributed by atoms with Gasteiger partial charge in [0, 0.05) is 17.2 Å². The molecule has 6 nitrogen and oxygen atoms in total. The summed E-state index contributed by atoms with van der Waals surface area (Å²) >= 11 is 0. The average Bonchev–Trinajstić information content (AvgIpc) is 2.73. The van der Waals surface area contributed by atoms with Crippen LogP contribution in [0.1, 0.15) is 39.1 Å². The van der Waals surface area contributed by atoms with E-state index in [-0.39, 0.29) is 17.3 Å². The summed E-state index contributed by atoms with van der Waals surface area (Å²) < 4.78 is 24.9. The zero-order valence-electron chi connectivity index (χ0n) is 12.8. The first-order chi connectivity index (χ1) is 9.70. The van der Waals surface area contributed by atoms with Crippen molar-refractivity contribution in [2.45, 2.75) is 52.0 Å². The van der Waals surface area contributed by atoms with Gasteiger partial charge in [0.2, 0.25) is 5.91 Å². The molecule has 1 amide bonds. The molecule has 0 spiro atoms. The lowest BCUT2D eigenvalue weighted by Crippen LogP contribution is -2.31. The molecule has 0 aromatic carbocycles. The maximum atomic E-state index is 11.9. The van der Waals surface area contributed by atoms with E-state index in [1.54, 1.807) is 6.92 Å². The molecular weight excluding hydrogens is 314 g/mol. The van der Waals surface area contributed by atoms with Gasteiger partial charge < -0.3 is 5.32 Å². The van der Waals surface area contributed by atoms with Crippen LogP contribution in [0.4, 0.5) is 0 Å². The molecule has 120 valence electrons. The second-order valence-electron chi connectivity index (χ2n) is 5.22. The van der Waals surface area contributed by atoms with E-state index in [1.807, 2.05) is 20.8 Å². The van der Waals surface area contributed by atoms with Crippen LogP contribution in [-0.4, -0.2) is 30.7 Å². The number of carbonyl (C=O) groups excluding carboxylic acids is 1. The first kappa shape index (κ1) is 18.0. The van der Waals surface area contributed by atoms with E-state index in [0.717, 1.165) is 0 Å². The molecule has 0 bridgehead atoms. The maximum absolute atomic E-state index is 11.9. The highest BCUT2D eigenvalue weighted by Crippen LogP contribution is 2.25. The van der Waals surface area contributed by atoms with Crippen LogP contribution in [0.25, 0.3) is 0 Å². The fourth-order valence-electron chi connectivity index (χ4n) is 2.03. The van der Waals surface area contributed by atoms with Crippen molar-refractivity contribution < 1.29 is 13.2 Å². The number of aromatic nitrogens is 2. The van der Waals surface area contributed by atoms with Gasteiger partial charge in [-0.2, -0.15) is 5.10 Å². The van der Waals surface area contributed by atoms with Crippen molar-refractivity contribution in [1.29, 1.82) is 0 Å². The minimum absolute atomic E-state index is 0.00466. The fourth-order valence-corrected chi connectivity index (χ4v) is 3.56. The lowest BCUT2D eigenvalue weighted by molar-refractivity contribution is -0.122. The Hall–Kier alpha value is -1.08. The highest BCUT2D eigenvalue weighted by atomic mass is 35.7. The Morgan fingerprint density at radius 3 is 2.38 bits per heavy atom. The highest BCUT2D eigenvalue weighted by Gasteiger charge is 2.26. The second kappa shape index (κ2) is 7.26. The van der Waals surface area contributed by atoms with Crippen LogP contribution < -0.4 is 5.32 Å². The third-order valence-corrected chi connectivity index (χ3v) is 4.41. The molecule has 21 heavy (non-hydrogen) atoms. The van der Waals surface area contributed by atoms with Crippen molar-refractivity contribution in [2.75, 3.05) is 6.54 Å². The van der Waals surface area contributed by atoms with Gasteiger partial charge in [-0.25, -0.2) is 8.42 Å². The van der Waals surface area contributed by atoms with E-state index in [1.165, 1.54) is 4.68 Å². The number of carbonyl (C=O) groups is 1. The molecule has 0 fully saturated rings. The van der Waals surface area contributed by atoms with Crippen molar-refractivity contribution >= 4 is 25.6 Å². The monoisotopic (exact) mass is 335 g/mol. The van der Waals surface area contributed by atoms with Gasteiger partial charge in [0.05, 0.1) is 11.4 Å². The summed E-state index contributed by atoms with van der Waals surface area (Å²) in [5, 5.41) is 7.01. The van der Waals surface area contributed by atoms with Crippen LogP contribution >= 0.6 is 10.7 Å². The number of rotatable bonds is 7. The SMILES string of the molecule is CCc1nn(CC(=O)NCC(C)C)c(CC)c1S(=O)(=O)Cl. The van der Waals surface area contributed by atoms with Crippen molar-refractivity contribution in [3.63, 3.8) is 0 Å². The van der Waals surface area contributed by atoms with Crippen LogP contribution in [0.3, 0.4) is 0 Å². The summed E-state index contributed by atoms with van der Waals surface area (Å²) in [5.41, 5.74) is 0.875. The molecule has 1 aromatic rings. The Morgan fingerprint density at radius 1 is 1.33 bits per heavy atom. The lowest BCUT2D eigenvalue weighted by Gasteiger charge is -2.09. The molecular formula is C13H22ClN3O3S. The third kappa shape index (κ3) is 4.71. The largest absolute Gasteiger partial charge is 0.354 e. The summed E-state index contributed by atoms with van der Waals surface area (Å²) in [6.07, 6.45) is 0.876. The zero-order chi connectivity index (χ0) is 16.2. The van der Waals surface area contributed by atoms with Gasteiger partial charge in [-0.1, -0.05) is 27.7 Å². The van der Waals surface area contributed by atoms with Crippen LogP contribution in [0.5, 0.6) is 0 Å². The molecule has 1 rings (SSSR count). The Bertz CT molecular complexity index is 608. The number of hydrogen-bond acceptors (Lipinski definition) is 4. The maximum Gasteiger partial charge on any atom is 0.264 e. The molecule has 8 heteroatoms. The minimum Gasteiger partial charge on any atom is -0.354 e. The number of nitrogens with one attached hydrogen (secondary N) is 1. The number of nitrogens with zero attached hydrogens (tertiary/aromatic N) is 2. The van der Waals surface area contributed by atoms with Gasteiger partial charge in [0.1, 0.15) is 11.4 Å². The van der Waals surface area contributed by atoms with E-state index in [2.05, 4.69) is 10.4 Å². The van der Waals surface area contributed by atoms with Gasteiger partial charge in [-0.05, 0) is 18.8 Å². The molecule has 0 radical (unpaired) electrons. The highest BCUT2D eigenvalue weighted by molar-refractivity contribution is 8.13.